The maximum Gasteiger partial charge on any atom is 0.255 e. The van der Waals surface area contributed by atoms with Gasteiger partial charge in [-0.25, -0.2) is 0 Å². The van der Waals surface area contributed by atoms with E-state index in [-0.39, 0.29) is 5.91 Å². The molecule has 3 aromatic rings. The quantitative estimate of drug-likeness (QED) is 0.607. The van der Waals surface area contributed by atoms with Gasteiger partial charge in [-0.1, -0.05) is 60.7 Å². The van der Waals surface area contributed by atoms with Crippen LogP contribution in [0, 0.1) is 5.92 Å². The molecular formula is C26H32N4O. The molecule has 1 fully saturated rings. The molecule has 1 amide bonds. The Bertz CT molecular complexity index is 960. The van der Waals surface area contributed by atoms with E-state index in [1.807, 2.05) is 43.6 Å². The third-order valence-electron chi connectivity index (χ3n) is 6.19. The lowest BCUT2D eigenvalue weighted by Crippen LogP contribution is -2.36. The number of nitrogens with zero attached hydrogens (tertiary/aromatic N) is 3. The maximum atomic E-state index is 12.8. The van der Waals surface area contributed by atoms with Gasteiger partial charge < -0.3 is 10.2 Å². The Hall–Kier alpha value is -2.92. The Balaban J connectivity index is 1.27. The van der Waals surface area contributed by atoms with Gasteiger partial charge in [-0.05, 0) is 55.8 Å². The molecule has 5 nitrogen and oxygen atoms in total. The van der Waals surface area contributed by atoms with E-state index < -0.39 is 0 Å². The molecule has 0 aliphatic carbocycles. The molecular weight excluding hydrogens is 384 g/mol. The third kappa shape index (κ3) is 6.05. The SMILES string of the molecule is Cn1cc(C(=O)NCc2ccccc2)c(CC2CCN(CCc3ccccc3)CC2)n1. The molecule has 2 aromatic carbocycles. The lowest BCUT2D eigenvalue weighted by molar-refractivity contribution is 0.0949. The van der Waals surface area contributed by atoms with E-state index in [0.29, 0.717) is 18.0 Å². The summed E-state index contributed by atoms with van der Waals surface area (Å²) in [5, 5.41) is 7.66. The predicted molar refractivity (Wildman–Crippen MR) is 124 cm³/mol. The largest absolute Gasteiger partial charge is 0.348 e. The van der Waals surface area contributed by atoms with Gasteiger partial charge in [0.15, 0.2) is 0 Å². The van der Waals surface area contributed by atoms with Gasteiger partial charge in [-0.2, -0.15) is 5.10 Å². The number of carbonyl (C=O) groups excluding carboxylic acids is 1. The van der Waals surface area contributed by atoms with Crippen LogP contribution in [-0.2, 0) is 26.4 Å². The maximum absolute atomic E-state index is 12.8. The molecule has 4 rings (SSSR count). The average molecular weight is 417 g/mol. The van der Waals surface area contributed by atoms with Crippen LogP contribution in [0.25, 0.3) is 0 Å². The molecule has 1 saturated heterocycles. The molecule has 1 aliphatic heterocycles. The first-order valence-corrected chi connectivity index (χ1v) is 11.3. The number of rotatable bonds is 8. The lowest BCUT2D eigenvalue weighted by Gasteiger charge is -2.31. The van der Waals surface area contributed by atoms with Gasteiger partial charge in [0, 0.05) is 26.3 Å². The summed E-state index contributed by atoms with van der Waals surface area (Å²) in [6.07, 6.45) is 6.16. The Morgan fingerprint density at radius 3 is 2.32 bits per heavy atom. The van der Waals surface area contributed by atoms with Crippen molar-refractivity contribution in [2.75, 3.05) is 19.6 Å². The summed E-state index contributed by atoms with van der Waals surface area (Å²) in [4.78, 5) is 15.4. The highest BCUT2D eigenvalue weighted by Gasteiger charge is 2.23. The van der Waals surface area contributed by atoms with Gasteiger partial charge in [0.05, 0.1) is 11.3 Å². The van der Waals surface area contributed by atoms with E-state index in [1.54, 1.807) is 4.68 Å². The van der Waals surface area contributed by atoms with Crippen molar-refractivity contribution in [2.24, 2.45) is 13.0 Å². The number of aryl methyl sites for hydroxylation is 1. The summed E-state index contributed by atoms with van der Waals surface area (Å²) in [6.45, 7) is 3.90. The third-order valence-corrected chi connectivity index (χ3v) is 6.19. The lowest BCUT2D eigenvalue weighted by atomic mass is 9.91. The smallest absolute Gasteiger partial charge is 0.255 e. The minimum Gasteiger partial charge on any atom is -0.348 e. The molecule has 5 heteroatoms. The van der Waals surface area contributed by atoms with Crippen LogP contribution in [0.4, 0.5) is 0 Å². The first kappa shape index (κ1) is 21.3. The number of benzene rings is 2. The number of likely N-dealkylation sites (tertiary alicyclic amines) is 1. The van der Waals surface area contributed by atoms with E-state index in [1.165, 1.54) is 5.56 Å². The monoisotopic (exact) mass is 416 g/mol. The molecule has 1 aliphatic rings. The second kappa shape index (κ2) is 10.4. The Morgan fingerprint density at radius 2 is 1.65 bits per heavy atom. The molecule has 2 heterocycles. The van der Waals surface area contributed by atoms with Gasteiger partial charge in [0.1, 0.15) is 0 Å². The summed E-state index contributed by atoms with van der Waals surface area (Å²) < 4.78 is 1.77. The zero-order valence-electron chi connectivity index (χ0n) is 18.3. The molecule has 0 unspecified atom stereocenters. The van der Waals surface area contributed by atoms with Crippen molar-refractivity contribution in [1.82, 2.24) is 20.0 Å². The highest BCUT2D eigenvalue weighted by Crippen LogP contribution is 2.23. The highest BCUT2D eigenvalue weighted by atomic mass is 16.1. The first-order valence-electron chi connectivity index (χ1n) is 11.3. The topological polar surface area (TPSA) is 50.2 Å². The fraction of sp³-hybridized carbons (Fsp3) is 0.385. The summed E-state index contributed by atoms with van der Waals surface area (Å²) in [5.74, 6) is 0.552. The number of amides is 1. The Morgan fingerprint density at radius 1 is 1.00 bits per heavy atom. The molecule has 1 aromatic heterocycles. The number of nitrogens with one attached hydrogen (secondary N) is 1. The molecule has 162 valence electrons. The van der Waals surface area contributed by atoms with Crippen molar-refractivity contribution in [1.29, 1.82) is 0 Å². The number of carbonyl (C=O) groups is 1. The zero-order chi connectivity index (χ0) is 21.5. The minimum absolute atomic E-state index is 0.0350. The van der Waals surface area contributed by atoms with Crippen molar-refractivity contribution < 1.29 is 4.79 Å². The Labute approximate surface area is 185 Å². The van der Waals surface area contributed by atoms with Crippen LogP contribution in [0.3, 0.4) is 0 Å². The zero-order valence-corrected chi connectivity index (χ0v) is 18.3. The van der Waals surface area contributed by atoms with Gasteiger partial charge in [-0.15, -0.1) is 0 Å². The second-order valence-electron chi connectivity index (χ2n) is 8.56. The number of piperidine rings is 1. The molecule has 0 saturated carbocycles. The number of aromatic nitrogens is 2. The summed E-state index contributed by atoms with van der Waals surface area (Å²) in [7, 11) is 1.89. The normalized spacial score (nSPS) is 15.1. The number of hydrogen-bond acceptors (Lipinski definition) is 3. The van der Waals surface area contributed by atoms with E-state index in [2.05, 4.69) is 45.6 Å². The summed E-state index contributed by atoms with van der Waals surface area (Å²) in [6, 6.07) is 20.7. The fourth-order valence-corrected chi connectivity index (χ4v) is 4.37. The van der Waals surface area contributed by atoms with Crippen molar-refractivity contribution in [3.8, 4) is 0 Å². The van der Waals surface area contributed by atoms with Crippen LogP contribution in [-0.4, -0.2) is 40.2 Å². The summed E-state index contributed by atoms with van der Waals surface area (Å²) in [5.41, 5.74) is 4.15. The molecule has 0 radical (unpaired) electrons. The van der Waals surface area contributed by atoms with Crippen LogP contribution in [0.15, 0.2) is 66.9 Å². The molecule has 1 N–H and O–H groups in total. The fourth-order valence-electron chi connectivity index (χ4n) is 4.37. The standard InChI is InChI=1S/C26H32N4O/c1-29-20-24(26(31)27-19-23-10-6-3-7-11-23)25(28-29)18-22-13-16-30(17-14-22)15-12-21-8-4-2-5-9-21/h2-11,20,22H,12-19H2,1H3,(H,27,31). The summed E-state index contributed by atoms with van der Waals surface area (Å²) >= 11 is 0. The molecule has 0 spiro atoms. The molecule has 31 heavy (non-hydrogen) atoms. The van der Waals surface area contributed by atoms with Gasteiger partial charge in [-0.3, -0.25) is 9.48 Å². The second-order valence-corrected chi connectivity index (χ2v) is 8.56. The first-order chi connectivity index (χ1) is 15.2. The number of hydrogen-bond donors (Lipinski definition) is 1. The van der Waals surface area contributed by atoms with Crippen molar-refractivity contribution in [3.05, 3.63) is 89.2 Å². The predicted octanol–water partition coefficient (Wildman–Crippen LogP) is 3.85. The van der Waals surface area contributed by atoms with Crippen LogP contribution in [0.1, 0.15) is 40.0 Å². The van der Waals surface area contributed by atoms with E-state index in [0.717, 1.165) is 56.6 Å². The van der Waals surface area contributed by atoms with E-state index >= 15 is 0 Å². The van der Waals surface area contributed by atoms with Crippen molar-refractivity contribution >= 4 is 5.91 Å². The molecule has 0 bridgehead atoms. The van der Waals surface area contributed by atoms with Crippen LogP contribution in [0.5, 0.6) is 0 Å². The highest BCUT2D eigenvalue weighted by molar-refractivity contribution is 5.95. The van der Waals surface area contributed by atoms with Gasteiger partial charge >= 0.3 is 0 Å². The average Bonchev–Trinajstić information content (AvgIpc) is 3.18. The molecule has 0 atom stereocenters. The van der Waals surface area contributed by atoms with Crippen molar-refractivity contribution in [2.45, 2.75) is 32.2 Å². The van der Waals surface area contributed by atoms with E-state index in [9.17, 15) is 4.79 Å². The van der Waals surface area contributed by atoms with Crippen molar-refractivity contribution in [3.63, 3.8) is 0 Å². The van der Waals surface area contributed by atoms with Crippen LogP contribution in [0.2, 0.25) is 0 Å². The van der Waals surface area contributed by atoms with Gasteiger partial charge in [0.2, 0.25) is 0 Å². The minimum atomic E-state index is -0.0350. The Kier molecular flexibility index (Phi) is 7.15. The van der Waals surface area contributed by atoms with Crippen LogP contribution < -0.4 is 5.32 Å². The van der Waals surface area contributed by atoms with Crippen LogP contribution >= 0.6 is 0 Å². The van der Waals surface area contributed by atoms with E-state index in [4.69, 9.17) is 0 Å². The van der Waals surface area contributed by atoms with Gasteiger partial charge in [0.25, 0.3) is 5.91 Å².